The van der Waals surface area contributed by atoms with Crippen molar-refractivity contribution in [1.29, 1.82) is 0 Å². The first-order valence-electron chi connectivity index (χ1n) is 11.5. The van der Waals surface area contributed by atoms with Gasteiger partial charge < -0.3 is 9.67 Å². The Morgan fingerprint density at radius 3 is 2.34 bits per heavy atom. The van der Waals surface area contributed by atoms with E-state index in [1.807, 2.05) is 53.2 Å². The van der Waals surface area contributed by atoms with Crippen molar-refractivity contribution in [2.24, 2.45) is 4.99 Å². The number of nitro groups is 1. The lowest BCUT2D eigenvalue weighted by Crippen LogP contribution is -2.28. The second-order valence-corrected chi connectivity index (χ2v) is 9.32. The van der Waals surface area contributed by atoms with E-state index in [9.17, 15) is 24.8 Å². The first kappa shape index (κ1) is 24.7. The number of rotatable bonds is 7. The summed E-state index contributed by atoms with van der Waals surface area (Å²) >= 11 is 1.25. The van der Waals surface area contributed by atoms with Gasteiger partial charge in [0.2, 0.25) is 0 Å². The van der Waals surface area contributed by atoms with Crippen LogP contribution < -0.4 is 0 Å². The first-order chi connectivity index (χ1) is 18.4. The number of amides is 1. The normalized spacial score (nSPS) is 15.4. The minimum Gasteiger partial charge on any atom is -0.478 e. The molecule has 5 rings (SSSR count). The van der Waals surface area contributed by atoms with Crippen molar-refractivity contribution >= 4 is 46.3 Å². The van der Waals surface area contributed by atoms with Crippen molar-refractivity contribution in [2.45, 2.75) is 6.54 Å². The zero-order valence-corrected chi connectivity index (χ0v) is 20.6. The average Bonchev–Trinajstić information content (AvgIpc) is 3.50. The molecule has 2 heterocycles. The monoisotopic (exact) mass is 524 g/mol. The standard InChI is InChI=1S/C28H20N4O5S/c33-26-25(17-24-7-4-16-30(24)22-12-14-23(15-13-22)32(36)37)38-28(29-21-5-2-1-3-6-21)31(26)18-19-8-10-20(11-9-19)27(34)35/h1-17H,18H2,(H,34,35)/b25-17+,29-28?. The topological polar surface area (TPSA) is 118 Å². The van der Waals surface area contributed by atoms with Crippen LogP contribution in [0, 0.1) is 10.1 Å². The van der Waals surface area contributed by atoms with Crippen LogP contribution in [0.15, 0.2) is 107 Å². The van der Waals surface area contributed by atoms with Crippen LogP contribution >= 0.6 is 11.8 Å². The molecule has 0 aliphatic carbocycles. The number of carbonyl (C=O) groups excluding carboxylic acids is 1. The molecule has 0 unspecified atom stereocenters. The molecule has 1 aromatic heterocycles. The number of nitrogens with zero attached hydrogens (tertiary/aromatic N) is 4. The maximum Gasteiger partial charge on any atom is 0.335 e. The molecule has 1 aliphatic rings. The summed E-state index contributed by atoms with van der Waals surface area (Å²) in [5, 5.41) is 20.7. The minimum atomic E-state index is -1.02. The molecule has 1 N–H and O–H groups in total. The predicted octanol–water partition coefficient (Wildman–Crippen LogP) is 5.89. The summed E-state index contributed by atoms with van der Waals surface area (Å²) in [6, 6.07) is 25.5. The number of carbonyl (C=O) groups is 2. The Morgan fingerprint density at radius 1 is 0.974 bits per heavy atom. The third kappa shape index (κ3) is 5.25. The van der Waals surface area contributed by atoms with Crippen molar-refractivity contribution in [1.82, 2.24) is 9.47 Å². The van der Waals surface area contributed by atoms with Crippen molar-refractivity contribution in [3.8, 4) is 5.69 Å². The summed E-state index contributed by atoms with van der Waals surface area (Å²) in [6.07, 6.45) is 3.58. The van der Waals surface area contributed by atoms with Crippen LogP contribution in [-0.2, 0) is 11.3 Å². The lowest BCUT2D eigenvalue weighted by molar-refractivity contribution is -0.384. The fourth-order valence-electron chi connectivity index (χ4n) is 3.90. The molecule has 4 aromatic rings. The number of aromatic nitrogens is 1. The second-order valence-electron chi connectivity index (χ2n) is 8.31. The summed E-state index contributed by atoms with van der Waals surface area (Å²) in [5.74, 6) is -1.25. The van der Waals surface area contributed by atoms with Crippen LogP contribution in [0.2, 0.25) is 0 Å². The average molecular weight is 525 g/mol. The molecule has 0 saturated carbocycles. The molecule has 1 fully saturated rings. The molecule has 9 nitrogen and oxygen atoms in total. The van der Waals surface area contributed by atoms with Crippen molar-refractivity contribution in [2.75, 3.05) is 0 Å². The molecule has 0 atom stereocenters. The highest BCUT2D eigenvalue weighted by atomic mass is 32.2. The van der Waals surface area contributed by atoms with Gasteiger partial charge in [-0.3, -0.25) is 19.8 Å². The van der Waals surface area contributed by atoms with Crippen LogP contribution in [0.4, 0.5) is 11.4 Å². The lowest BCUT2D eigenvalue weighted by Gasteiger charge is -2.16. The molecular weight excluding hydrogens is 504 g/mol. The van der Waals surface area contributed by atoms with Crippen LogP contribution in [0.5, 0.6) is 0 Å². The fourth-order valence-corrected chi connectivity index (χ4v) is 4.88. The maximum atomic E-state index is 13.6. The van der Waals surface area contributed by atoms with E-state index in [1.165, 1.54) is 36.0 Å². The molecular formula is C28H20N4O5S. The van der Waals surface area contributed by atoms with E-state index in [-0.39, 0.29) is 23.7 Å². The Kier molecular flexibility index (Phi) is 6.88. The summed E-state index contributed by atoms with van der Waals surface area (Å²) < 4.78 is 1.84. The summed E-state index contributed by atoms with van der Waals surface area (Å²) in [7, 11) is 0. The Bertz CT molecular complexity index is 1580. The Hall–Kier alpha value is -4.96. The number of non-ortho nitro benzene ring substituents is 1. The Labute approximate surface area is 221 Å². The largest absolute Gasteiger partial charge is 0.478 e. The SMILES string of the molecule is O=C(O)c1ccc(CN2C(=O)/C(=C\c3cccn3-c3ccc([N+](=O)[O-])cc3)SC2=Nc2ccccc2)cc1. The van der Waals surface area contributed by atoms with Gasteiger partial charge in [0, 0.05) is 29.7 Å². The van der Waals surface area contributed by atoms with Crippen LogP contribution in [-0.4, -0.2) is 36.5 Å². The number of aromatic carboxylic acids is 1. The molecule has 1 saturated heterocycles. The first-order valence-corrected chi connectivity index (χ1v) is 12.3. The van der Waals surface area contributed by atoms with Gasteiger partial charge in [-0.1, -0.05) is 30.3 Å². The maximum absolute atomic E-state index is 13.6. The number of para-hydroxylation sites is 1. The van der Waals surface area contributed by atoms with E-state index < -0.39 is 10.9 Å². The Morgan fingerprint density at radius 2 is 1.68 bits per heavy atom. The number of amidine groups is 1. The van der Waals surface area contributed by atoms with Gasteiger partial charge in [0.25, 0.3) is 11.6 Å². The number of hydrogen-bond acceptors (Lipinski definition) is 6. The van der Waals surface area contributed by atoms with Gasteiger partial charge in [-0.25, -0.2) is 9.79 Å². The van der Waals surface area contributed by atoms with Gasteiger partial charge in [-0.15, -0.1) is 0 Å². The van der Waals surface area contributed by atoms with Gasteiger partial charge in [0.05, 0.1) is 27.6 Å². The highest BCUT2D eigenvalue weighted by Gasteiger charge is 2.33. The van der Waals surface area contributed by atoms with Gasteiger partial charge in [0.1, 0.15) is 0 Å². The molecule has 1 amide bonds. The number of aliphatic imine (C=N–C) groups is 1. The highest BCUT2D eigenvalue weighted by Crippen LogP contribution is 2.35. The quantitative estimate of drug-likeness (QED) is 0.183. The number of carboxylic acid groups (broad SMARTS) is 1. The van der Waals surface area contributed by atoms with E-state index >= 15 is 0 Å². The number of nitro benzene ring substituents is 1. The van der Waals surface area contributed by atoms with E-state index in [0.29, 0.717) is 15.8 Å². The Balaban J connectivity index is 1.48. The third-order valence-corrected chi connectivity index (χ3v) is 6.82. The fraction of sp³-hybridized carbons (Fsp3) is 0.0357. The predicted molar refractivity (Wildman–Crippen MR) is 145 cm³/mol. The van der Waals surface area contributed by atoms with Crippen molar-refractivity contribution in [3.63, 3.8) is 0 Å². The van der Waals surface area contributed by atoms with Gasteiger partial charge in [-0.2, -0.15) is 0 Å². The molecule has 0 spiro atoms. The zero-order chi connectivity index (χ0) is 26.6. The lowest BCUT2D eigenvalue weighted by atomic mass is 10.1. The summed E-state index contributed by atoms with van der Waals surface area (Å²) in [4.78, 5) is 42.1. The van der Waals surface area contributed by atoms with E-state index in [1.54, 1.807) is 35.2 Å². The number of thioether (sulfide) groups is 1. The highest BCUT2D eigenvalue weighted by molar-refractivity contribution is 8.18. The van der Waals surface area contributed by atoms with Crippen molar-refractivity contribution in [3.05, 3.63) is 129 Å². The smallest absolute Gasteiger partial charge is 0.335 e. The molecule has 38 heavy (non-hydrogen) atoms. The van der Waals surface area contributed by atoms with E-state index in [0.717, 1.165) is 16.9 Å². The van der Waals surface area contributed by atoms with Gasteiger partial charge >= 0.3 is 5.97 Å². The van der Waals surface area contributed by atoms with E-state index in [2.05, 4.69) is 0 Å². The summed E-state index contributed by atoms with van der Waals surface area (Å²) in [6.45, 7) is 0.220. The third-order valence-electron chi connectivity index (χ3n) is 5.81. The zero-order valence-electron chi connectivity index (χ0n) is 19.8. The van der Waals surface area contributed by atoms with E-state index in [4.69, 9.17) is 4.99 Å². The number of hydrogen-bond donors (Lipinski definition) is 1. The molecule has 3 aromatic carbocycles. The second kappa shape index (κ2) is 10.6. The number of benzene rings is 3. The molecule has 1 aliphatic heterocycles. The molecule has 10 heteroatoms. The van der Waals surface area contributed by atoms with Crippen molar-refractivity contribution < 1.29 is 19.6 Å². The van der Waals surface area contributed by atoms with Crippen LogP contribution in [0.25, 0.3) is 11.8 Å². The van der Waals surface area contributed by atoms with Crippen LogP contribution in [0.3, 0.4) is 0 Å². The molecule has 0 bridgehead atoms. The van der Waals surface area contributed by atoms with Gasteiger partial charge in [0.15, 0.2) is 5.17 Å². The summed E-state index contributed by atoms with van der Waals surface area (Å²) in [5.41, 5.74) is 3.07. The number of carboxylic acids is 1. The molecule has 188 valence electrons. The minimum absolute atomic E-state index is 0.00358. The van der Waals surface area contributed by atoms with Gasteiger partial charge in [-0.05, 0) is 71.9 Å². The van der Waals surface area contributed by atoms with Crippen LogP contribution in [0.1, 0.15) is 21.6 Å². The molecule has 0 radical (unpaired) electrons.